The van der Waals surface area contributed by atoms with Gasteiger partial charge in [-0.1, -0.05) is 35.5 Å². The smallest absolute Gasteiger partial charge is 0.276 e. The number of hydrogen-bond donors (Lipinski definition) is 0. The van der Waals surface area contributed by atoms with Gasteiger partial charge in [-0.15, -0.1) is 10.2 Å². The van der Waals surface area contributed by atoms with Crippen molar-refractivity contribution in [3.63, 3.8) is 0 Å². The van der Waals surface area contributed by atoms with Crippen molar-refractivity contribution in [3.8, 4) is 34.1 Å². The van der Waals surface area contributed by atoms with Crippen LogP contribution >= 0.6 is 0 Å². The number of carbonyl (C=O) groups is 1. The number of hydrogen-bond acceptors (Lipinski definition) is 8. The second-order valence-electron chi connectivity index (χ2n) is 8.07. The predicted molar refractivity (Wildman–Crippen MR) is 124 cm³/mol. The molecule has 0 bridgehead atoms. The van der Waals surface area contributed by atoms with E-state index in [9.17, 15) is 4.79 Å². The average Bonchev–Trinajstić information content (AvgIpc) is 3.59. The van der Waals surface area contributed by atoms with Gasteiger partial charge in [-0.2, -0.15) is 0 Å². The highest BCUT2D eigenvalue weighted by Crippen LogP contribution is 2.35. The summed E-state index contributed by atoms with van der Waals surface area (Å²) in [4.78, 5) is 16.8. The van der Waals surface area contributed by atoms with Gasteiger partial charge in [0.05, 0.1) is 5.69 Å². The Kier molecular flexibility index (Phi) is 5.06. The van der Waals surface area contributed by atoms with Crippen molar-refractivity contribution >= 4 is 11.7 Å². The molecule has 2 aliphatic rings. The number of nitrogens with zero attached hydrogens (tertiary/aromatic N) is 5. The van der Waals surface area contributed by atoms with Gasteiger partial charge >= 0.3 is 0 Å². The molecule has 0 atom stereocenters. The minimum absolute atomic E-state index is 0.130. The Morgan fingerprint density at radius 3 is 2.41 bits per heavy atom. The molecule has 2 aromatic heterocycles. The molecule has 0 spiro atoms. The lowest BCUT2D eigenvalue weighted by molar-refractivity contribution is 0.0736. The van der Waals surface area contributed by atoms with E-state index in [4.69, 9.17) is 14.0 Å². The number of aromatic nitrogens is 3. The first-order chi connectivity index (χ1) is 16.7. The van der Waals surface area contributed by atoms with E-state index in [2.05, 4.69) is 20.3 Å². The molecule has 0 radical (unpaired) electrons. The number of anilines is 1. The van der Waals surface area contributed by atoms with Crippen LogP contribution in [0, 0.1) is 0 Å². The number of amides is 1. The Labute approximate surface area is 195 Å². The molecule has 1 saturated heterocycles. The van der Waals surface area contributed by atoms with Crippen LogP contribution in [0.4, 0.5) is 5.82 Å². The summed E-state index contributed by atoms with van der Waals surface area (Å²) in [6, 6.07) is 20.9. The Bertz CT molecular complexity index is 1310. The van der Waals surface area contributed by atoms with E-state index in [0.717, 1.165) is 28.4 Å². The quantitative estimate of drug-likeness (QED) is 0.462. The van der Waals surface area contributed by atoms with Crippen molar-refractivity contribution in [1.29, 1.82) is 0 Å². The zero-order chi connectivity index (χ0) is 22.9. The monoisotopic (exact) mass is 455 g/mol. The lowest BCUT2D eigenvalue weighted by Gasteiger charge is -2.34. The molecule has 170 valence electrons. The maximum absolute atomic E-state index is 12.9. The maximum atomic E-state index is 12.9. The molecule has 9 nitrogen and oxygen atoms in total. The van der Waals surface area contributed by atoms with Crippen molar-refractivity contribution in [2.24, 2.45) is 0 Å². The maximum Gasteiger partial charge on any atom is 0.276 e. The van der Waals surface area contributed by atoms with Crippen molar-refractivity contribution < 1.29 is 18.8 Å². The standard InChI is InChI=1S/C25H21N5O4/c31-25(20-15-22(34-28-20)17-4-2-1-3-5-17)30-12-10-29(11-13-30)24-9-7-19(26-27-24)18-6-8-21-23(14-18)33-16-32-21/h1-9,14-15H,10-13,16H2. The first kappa shape index (κ1) is 20.2. The molecule has 0 aliphatic carbocycles. The molecule has 0 unspecified atom stereocenters. The van der Waals surface area contributed by atoms with Crippen LogP contribution in [0.2, 0.25) is 0 Å². The van der Waals surface area contributed by atoms with Gasteiger partial charge < -0.3 is 23.8 Å². The molecular formula is C25H21N5O4. The van der Waals surface area contributed by atoms with Crippen molar-refractivity contribution in [3.05, 3.63) is 72.4 Å². The van der Waals surface area contributed by atoms with Gasteiger partial charge in [0.2, 0.25) is 6.79 Å². The predicted octanol–water partition coefficient (Wildman–Crippen LogP) is 3.49. The molecule has 1 amide bonds. The third kappa shape index (κ3) is 3.81. The molecular weight excluding hydrogens is 434 g/mol. The third-order valence-corrected chi connectivity index (χ3v) is 6.00. The summed E-state index contributed by atoms with van der Waals surface area (Å²) in [6.45, 7) is 2.69. The van der Waals surface area contributed by atoms with E-state index in [1.807, 2.05) is 60.7 Å². The molecule has 34 heavy (non-hydrogen) atoms. The molecule has 4 heterocycles. The molecule has 9 heteroatoms. The molecule has 1 fully saturated rings. The highest BCUT2D eigenvalue weighted by Gasteiger charge is 2.25. The lowest BCUT2D eigenvalue weighted by Crippen LogP contribution is -2.49. The molecule has 0 saturated carbocycles. The van der Waals surface area contributed by atoms with Gasteiger partial charge in [0, 0.05) is 43.4 Å². The lowest BCUT2D eigenvalue weighted by atomic mass is 10.1. The highest BCUT2D eigenvalue weighted by molar-refractivity contribution is 5.93. The van der Waals surface area contributed by atoms with Gasteiger partial charge in [0.15, 0.2) is 28.8 Å². The fourth-order valence-electron chi connectivity index (χ4n) is 4.12. The second-order valence-corrected chi connectivity index (χ2v) is 8.07. The first-order valence-electron chi connectivity index (χ1n) is 11.0. The van der Waals surface area contributed by atoms with Crippen LogP contribution in [0.1, 0.15) is 10.5 Å². The average molecular weight is 455 g/mol. The Morgan fingerprint density at radius 2 is 1.62 bits per heavy atom. The number of benzene rings is 2. The minimum atomic E-state index is -0.130. The number of rotatable bonds is 4. The van der Waals surface area contributed by atoms with Crippen LogP contribution in [0.25, 0.3) is 22.6 Å². The summed E-state index contributed by atoms with van der Waals surface area (Å²) in [6.07, 6.45) is 0. The summed E-state index contributed by atoms with van der Waals surface area (Å²) in [7, 11) is 0. The zero-order valence-electron chi connectivity index (χ0n) is 18.3. The van der Waals surface area contributed by atoms with Gasteiger partial charge in [-0.3, -0.25) is 4.79 Å². The fraction of sp³-hybridized carbons (Fsp3) is 0.200. The van der Waals surface area contributed by atoms with Gasteiger partial charge in [-0.05, 0) is 30.3 Å². The number of fused-ring (bicyclic) bond motifs is 1. The molecule has 2 aromatic carbocycles. The van der Waals surface area contributed by atoms with Crippen LogP contribution in [-0.4, -0.2) is 59.1 Å². The van der Waals surface area contributed by atoms with Crippen LogP contribution in [0.3, 0.4) is 0 Å². The molecule has 0 N–H and O–H groups in total. The number of piperazine rings is 1. The van der Waals surface area contributed by atoms with E-state index >= 15 is 0 Å². The zero-order valence-corrected chi connectivity index (χ0v) is 18.3. The largest absolute Gasteiger partial charge is 0.454 e. The summed E-state index contributed by atoms with van der Waals surface area (Å²) in [5, 5.41) is 12.8. The minimum Gasteiger partial charge on any atom is -0.454 e. The third-order valence-electron chi connectivity index (χ3n) is 6.00. The van der Waals surface area contributed by atoms with Crippen LogP contribution in [-0.2, 0) is 0 Å². The Morgan fingerprint density at radius 1 is 0.794 bits per heavy atom. The van der Waals surface area contributed by atoms with Crippen molar-refractivity contribution in [2.75, 3.05) is 37.9 Å². The summed E-state index contributed by atoms with van der Waals surface area (Å²) in [5.74, 6) is 2.69. The Hall–Kier alpha value is -4.40. The Balaban J connectivity index is 1.09. The van der Waals surface area contributed by atoms with Crippen LogP contribution < -0.4 is 14.4 Å². The normalized spacial score (nSPS) is 14.9. The molecule has 4 aromatic rings. The topological polar surface area (TPSA) is 93.8 Å². The summed E-state index contributed by atoms with van der Waals surface area (Å²) >= 11 is 0. The van der Waals surface area contributed by atoms with Crippen molar-refractivity contribution in [2.45, 2.75) is 0 Å². The van der Waals surface area contributed by atoms with E-state index in [1.165, 1.54) is 0 Å². The van der Waals surface area contributed by atoms with E-state index < -0.39 is 0 Å². The van der Waals surface area contributed by atoms with Gasteiger partial charge in [0.25, 0.3) is 5.91 Å². The van der Waals surface area contributed by atoms with Crippen LogP contribution in [0.5, 0.6) is 11.5 Å². The SMILES string of the molecule is O=C(c1cc(-c2ccccc2)on1)N1CCN(c2ccc(-c3ccc4c(c3)OCO4)nn2)CC1. The number of ether oxygens (including phenoxy) is 2. The van der Waals surface area contributed by atoms with Gasteiger partial charge in [-0.25, -0.2) is 0 Å². The van der Waals surface area contributed by atoms with Crippen LogP contribution in [0.15, 0.2) is 71.3 Å². The van der Waals surface area contributed by atoms with E-state index in [1.54, 1.807) is 11.0 Å². The van der Waals surface area contributed by atoms with E-state index in [0.29, 0.717) is 43.4 Å². The highest BCUT2D eigenvalue weighted by atomic mass is 16.7. The summed E-state index contributed by atoms with van der Waals surface area (Å²) < 4.78 is 16.2. The van der Waals surface area contributed by atoms with E-state index in [-0.39, 0.29) is 12.7 Å². The van der Waals surface area contributed by atoms with Crippen molar-refractivity contribution in [1.82, 2.24) is 20.3 Å². The molecule has 2 aliphatic heterocycles. The summed E-state index contributed by atoms with van der Waals surface area (Å²) in [5.41, 5.74) is 2.89. The van der Waals surface area contributed by atoms with Gasteiger partial charge in [0.1, 0.15) is 0 Å². The molecule has 6 rings (SSSR count). The number of carbonyl (C=O) groups excluding carboxylic acids is 1. The fourth-order valence-corrected chi connectivity index (χ4v) is 4.12. The first-order valence-corrected chi connectivity index (χ1v) is 11.0. The second kappa shape index (κ2) is 8.51.